The molecule has 132 valence electrons. The van der Waals surface area contributed by atoms with Crippen molar-refractivity contribution in [3.8, 4) is 0 Å². The number of amides is 2. The fourth-order valence-electron chi connectivity index (χ4n) is 3.16. The first kappa shape index (κ1) is 16.3. The van der Waals surface area contributed by atoms with Crippen LogP contribution in [0.25, 0.3) is 5.65 Å². The topological polar surface area (TPSA) is 79.6 Å². The Kier molecular flexibility index (Phi) is 4.35. The molecule has 1 N–H and O–H groups in total. The van der Waals surface area contributed by atoms with Crippen LogP contribution in [0, 0.1) is 0 Å². The van der Waals surface area contributed by atoms with E-state index >= 15 is 0 Å². The number of rotatable bonds is 4. The van der Waals surface area contributed by atoms with Crippen LogP contribution in [-0.4, -0.2) is 44.4 Å². The zero-order valence-corrected chi connectivity index (χ0v) is 14.3. The van der Waals surface area contributed by atoms with Gasteiger partial charge in [0.05, 0.1) is 5.56 Å². The van der Waals surface area contributed by atoms with Crippen molar-refractivity contribution in [2.45, 2.75) is 19.4 Å². The minimum absolute atomic E-state index is 0.0636. The molecule has 7 nitrogen and oxygen atoms in total. The summed E-state index contributed by atoms with van der Waals surface area (Å²) in [4.78, 5) is 26.7. The quantitative estimate of drug-likeness (QED) is 0.780. The second-order valence-corrected chi connectivity index (χ2v) is 6.40. The molecule has 2 aromatic heterocycles. The molecule has 1 aliphatic rings. The second-order valence-electron chi connectivity index (χ2n) is 6.40. The van der Waals surface area contributed by atoms with Gasteiger partial charge in [0, 0.05) is 31.4 Å². The summed E-state index contributed by atoms with van der Waals surface area (Å²) in [5, 5.41) is 10.6. The molecule has 0 spiro atoms. The molecular formula is C19H19N5O2. The number of nitrogens with zero attached hydrogens (tertiary/aromatic N) is 4. The summed E-state index contributed by atoms with van der Waals surface area (Å²) in [5.74, 6) is -0.120. The molecule has 0 unspecified atom stereocenters. The highest BCUT2D eigenvalue weighted by molar-refractivity contribution is 5.95. The van der Waals surface area contributed by atoms with Crippen LogP contribution in [0.2, 0.25) is 0 Å². The number of nitrogens with one attached hydrogen (secondary N) is 1. The minimum atomic E-state index is -0.183. The third-order valence-electron chi connectivity index (χ3n) is 4.57. The van der Waals surface area contributed by atoms with Crippen LogP contribution in [0.4, 0.5) is 0 Å². The number of benzene rings is 1. The van der Waals surface area contributed by atoms with Gasteiger partial charge in [0.25, 0.3) is 11.8 Å². The average Bonchev–Trinajstić information content (AvgIpc) is 3.36. The lowest BCUT2D eigenvalue weighted by atomic mass is 10.1. The van der Waals surface area contributed by atoms with E-state index < -0.39 is 0 Å². The zero-order valence-electron chi connectivity index (χ0n) is 14.3. The molecule has 3 heterocycles. The summed E-state index contributed by atoms with van der Waals surface area (Å²) >= 11 is 0. The van der Waals surface area contributed by atoms with Crippen LogP contribution in [0.1, 0.15) is 39.1 Å². The van der Waals surface area contributed by atoms with Gasteiger partial charge < -0.3 is 10.2 Å². The SMILES string of the molecule is O=C(NCc1cccc(C(=O)N2CCCC2)c1)c1ccc2nncn2c1. The molecule has 0 bridgehead atoms. The Hall–Kier alpha value is -3.22. The molecule has 1 aromatic carbocycles. The van der Waals surface area contributed by atoms with Crippen molar-refractivity contribution in [3.63, 3.8) is 0 Å². The van der Waals surface area contributed by atoms with Crippen molar-refractivity contribution in [2.24, 2.45) is 0 Å². The van der Waals surface area contributed by atoms with Crippen molar-refractivity contribution < 1.29 is 9.59 Å². The second kappa shape index (κ2) is 6.95. The highest BCUT2D eigenvalue weighted by Gasteiger charge is 2.19. The molecule has 0 aliphatic carbocycles. The molecule has 4 rings (SSSR count). The predicted octanol–water partition coefficient (Wildman–Crippen LogP) is 1.90. The molecule has 0 atom stereocenters. The van der Waals surface area contributed by atoms with E-state index in [1.807, 2.05) is 29.2 Å². The van der Waals surface area contributed by atoms with Crippen molar-refractivity contribution in [1.82, 2.24) is 24.8 Å². The van der Waals surface area contributed by atoms with E-state index in [0.29, 0.717) is 23.3 Å². The van der Waals surface area contributed by atoms with Gasteiger partial charge in [-0.2, -0.15) is 0 Å². The minimum Gasteiger partial charge on any atom is -0.348 e. The van der Waals surface area contributed by atoms with E-state index in [0.717, 1.165) is 31.5 Å². The van der Waals surface area contributed by atoms with Crippen LogP contribution in [0.5, 0.6) is 0 Å². The first-order valence-corrected chi connectivity index (χ1v) is 8.66. The number of hydrogen-bond acceptors (Lipinski definition) is 4. The third-order valence-corrected chi connectivity index (χ3v) is 4.57. The number of pyridine rings is 1. The first-order chi connectivity index (χ1) is 12.7. The van der Waals surface area contributed by atoms with E-state index in [-0.39, 0.29) is 11.8 Å². The highest BCUT2D eigenvalue weighted by Crippen LogP contribution is 2.14. The highest BCUT2D eigenvalue weighted by atomic mass is 16.2. The fraction of sp³-hybridized carbons (Fsp3) is 0.263. The Balaban J connectivity index is 1.43. The monoisotopic (exact) mass is 349 g/mol. The maximum atomic E-state index is 12.5. The van der Waals surface area contributed by atoms with Crippen LogP contribution in [0.3, 0.4) is 0 Å². The Morgan fingerprint density at radius 1 is 1.08 bits per heavy atom. The van der Waals surface area contributed by atoms with Gasteiger partial charge in [0.15, 0.2) is 5.65 Å². The summed E-state index contributed by atoms with van der Waals surface area (Å²) in [5.41, 5.74) is 2.79. The number of carbonyl (C=O) groups is 2. The van der Waals surface area contributed by atoms with E-state index in [1.165, 1.54) is 0 Å². The molecular weight excluding hydrogens is 330 g/mol. The number of fused-ring (bicyclic) bond motifs is 1. The average molecular weight is 349 g/mol. The van der Waals surface area contributed by atoms with Crippen LogP contribution in [-0.2, 0) is 6.54 Å². The molecule has 0 radical (unpaired) electrons. The third kappa shape index (κ3) is 3.28. The van der Waals surface area contributed by atoms with Gasteiger partial charge in [-0.1, -0.05) is 12.1 Å². The van der Waals surface area contributed by atoms with Gasteiger partial charge in [-0.15, -0.1) is 10.2 Å². The number of hydrogen-bond donors (Lipinski definition) is 1. The summed E-state index contributed by atoms with van der Waals surface area (Å²) in [6.07, 6.45) is 5.38. The lowest BCUT2D eigenvalue weighted by molar-refractivity contribution is 0.0792. The summed E-state index contributed by atoms with van der Waals surface area (Å²) in [6, 6.07) is 10.9. The molecule has 0 saturated carbocycles. The first-order valence-electron chi connectivity index (χ1n) is 8.66. The van der Waals surface area contributed by atoms with E-state index in [9.17, 15) is 9.59 Å². The smallest absolute Gasteiger partial charge is 0.253 e. The molecule has 1 fully saturated rings. The van der Waals surface area contributed by atoms with Crippen molar-refractivity contribution in [1.29, 1.82) is 0 Å². The Bertz CT molecular complexity index is 959. The normalized spacial score (nSPS) is 13.9. The lowest BCUT2D eigenvalue weighted by Crippen LogP contribution is -2.28. The van der Waals surface area contributed by atoms with Crippen molar-refractivity contribution in [3.05, 3.63) is 65.6 Å². The van der Waals surface area contributed by atoms with Crippen molar-refractivity contribution in [2.75, 3.05) is 13.1 Å². The van der Waals surface area contributed by atoms with E-state index in [2.05, 4.69) is 15.5 Å². The van der Waals surface area contributed by atoms with E-state index in [1.54, 1.807) is 29.1 Å². The van der Waals surface area contributed by atoms with Crippen LogP contribution < -0.4 is 5.32 Å². The van der Waals surface area contributed by atoms with Gasteiger partial charge >= 0.3 is 0 Å². The van der Waals surface area contributed by atoms with Crippen molar-refractivity contribution >= 4 is 17.5 Å². The molecule has 1 saturated heterocycles. The lowest BCUT2D eigenvalue weighted by Gasteiger charge is -2.15. The fourth-order valence-corrected chi connectivity index (χ4v) is 3.16. The van der Waals surface area contributed by atoms with E-state index in [4.69, 9.17) is 0 Å². The summed E-state index contributed by atoms with van der Waals surface area (Å²) in [7, 11) is 0. The summed E-state index contributed by atoms with van der Waals surface area (Å²) < 4.78 is 1.70. The van der Waals surface area contributed by atoms with Gasteiger partial charge in [-0.25, -0.2) is 0 Å². The predicted molar refractivity (Wildman–Crippen MR) is 95.7 cm³/mol. The standard InChI is InChI=1S/C19H19N5O2/c25-18(16-6-7-17-22-21-13-24(17)12-16)20-11-14-4-3-5-15(10-14)19(26)23-8-1-2-9-23/h3-7,10,12-13H,1-2,8-9,11H2,(H,20,25). The Morgan fingerprint density at radius 3 is 2.77 bits per heavy atom. The van der Waals surface area contributed by atoms with Gasteiger partial charge in [-0.3, -0.25) is 14.0 Å². The molecule has 7 heteroatoms. The molecule has 26 heavy (non-hydrogen) atoms. The zero-order chi connectivity index (χ0) is 17.9. The van der Waals surface area contributed by atoms with Gasteiger partial charge in [0.1, 0.15) is 6.33 Å². The number of carbonyl (C=O) groups excluding carboxylic acids is 2. The Morgan fingerprint density at radius 2 is 1.92 bits per heavy atom. The maximum absolute atomic E-state index is 12.5. The Labute approximate surface area is 150 Å². The number of likely N-dealkylation sites (tertiary alicyclic amines) is 1. The van der Waals surface area contributed by atoms with Crippen LogP contribution in [0.15, 0.2) is 48.9 Å². The number of aromatic nitrogens is 3. The van der Waals surface area contributed by atoms with Gasteiger partial charge in [0.2, 0.25) is 0 Å². The molecule has 1 aliphatic heterocycles. The maximum Gasteiger partial charge on any atom is 0.253 e. The molecule has 3 aromatic rings. The summed E-state index contributed by atoms with van der Waals surface area (Å²) in [6.45, 7) is 2.01. The largest absolute Gasteiger partial charge is 0.348 e. The van der Waals surface area contributed by atoms with Gasteiger partial charge in [-0.05, 0) is 42.7 Å². The molecule has 2 amide bonds. The van der Waals surface area contributed by atoms with Crippen LogP contribution >= 0.6 is 0 Å².